The molecule has 12 N–H and O–H groups in total. The number of carbonyl (C=O) groups excluding carboxylic acids is 5. The normalized spacial score (nSPS) is 24.2. The van der Waals surface area contributed by atoms with Gasteiger partial charge in [0.25, 0.3) is 0 Å². The predicted octanol–water partition coefficient (Wildman–Crippen LogP) is 1.01. The van der Waals surface area contributed by atoms with E-state index in [1.54, 1.807) is 32.2 Å². The largest absolute Gasteiger partial charge is 0.481 e. The molecule has 2 saturated heterocycles. The minimum atomic E-state index is -5.62. The van der Waals surface area contributed by atoms with Crippen molar-refractivity contribution in [3.63, 3.8) is 0 Å². The van der Waals surface area contributed by atoms with Crippen molar-refractivity contribution in [1.82, 2.24) is 35.1 Å². The molecule has 2 amide bonds. The summed E-state index contributed by atoms with van der Waals surface area (Å²) in [5, 5.41) is 37.5. The molecule has 2 fully saturated rings. The van der Waals surface area contributed by atoms with Gasteiger partial charge in [-0.25, -0.2) is 33.4 Å². The van der Waals surface area contributed by atoms with Crippen molar-refractivity contribution in [3.8, 4) is 0 Å². The first kappa shape index (κ1) is 62.5. The third-order valence-corrected chi connectivity index (χ3v) is 16.0. The second kappa shape index (κ2) is 26.7. The number of aromatic nitrogens is 5. The highest BCUT2D eigenvalue weighted by Crippen LogP contribution is 2.61. The molecule has 5 heterocycles. The Kier molecular flexibility index (Phi) is 21.4. The number of aliphatic hydroxyl groups excluding tert-OH is 3. The topological polar surface area (TPSA) is 461 Å². The number of amides is 2. The number of nitrogens with one attached hydrogen (secondary N) is 3. The average molecular weight is 1180 g/mol. The van der Waals surface area contributed by atoms with E-state index >= 15 is 0 Å². The number of hydrogen-bond donors (Lipinski definition) is 11. The van der Waals surface area contributed by atoms with E-state index in [0.717, 1.165) is 34.5 Å². The lowest BCUT2D eigenvalue weighted by molar-refractivity contribution is -0.273. The van der Waals surface area contributed by atoms with Gasteiger partial charge in [0.15, 0.2) is 29.1 Å². The van der Waals surface area contributed by atoms with Crippen molar-refractivity contribution in [2.24, 2.45) is 5.41 Å². The zero-order valence-electron chi connectivity index (χ0n) is 42.2. The van der Waals surface area contributed by atoms with Crippen LogP contribution in [0.2, 0.25) is 0 Å². The first-order chi connectivity index (χ1) is 36.5. The van der Waals surface area contributed by atoms with Gasteiger partial charge in [-0.1, -0.05) is 43.8 Å². The molecule has 2 aliphatic heterocycles. The van der Waals surface area contributed by atoms with Gasteiger partial charge in [0, 0.05) is 60.6 Å². The van der Waals surface area contributed by atoms with Gasteiger partial charge in [0.2, 0.25) is 11.8 Å². The monoisotopic (exact) mass is 1180 g/mol. The molecule has 0 bridgehead atoms. The van der Waals surface area contributed by atoms with Crippen LogP contribution in [-0.2, 0) is 69.7 Å². The molecule has 78 heavy (non-hydrogen) atoms. The molecule has 12 atom stereocenters. The molecule has 0 radical (unpaired) electrons. The van der Waals surface area contributed by atoms with Crippen LogP contribution in [0, 0.1) is 5.41 Å². The second-order valence-electron chi connectivity index (χ2n) is 18.7. The van der Waals surface area contributed by atoms with Gasteiger partial charge in [-0.15, -0.1) is 0 Å². The van der Waals surface area contributed by atoms with E-state index in [-0.39, 0.29) is 73.7 Å². The number of nitrogens with zero attached hydrogens (tertiary/aromatic N) is 4. The number of esters is 1. The summed E-state index contributed by atoms with van der Waals surface area (Å²) in [6.07, 6.45) is -9.85. The molecular formula is C43H61N8O23P3S. The number of aliphatic hydroxyl groups is 3. The van der Waals surface area contributed by atoms with Crippen LogP contribution in [0.1, 0.15) is 76.4 Å². The SMILES string of the molecule is C[C@H](CCC(=O)CC(=O)SCCNC(=O)CCNC(=O)[C@H](O)C(C)(C)COP(=O)(O)OP(=O)(O)OC[C@H]1O[C@@H](n2cnc3c(N)ncnc32)[C@H](O)[C@@H]1OP(=O)(O)O)O[C@@H]1O[C@@H](C)[C@H](OC(=O)c2c[nH]c3ccccc23)C[C@H]1O. The van der Waals surface area contributed by atoms with Crippen molar-refractivity contribution < 1.29 is 109 Å². The molecule has 4 aromatic rings. The number of nitrogens with two attached hydrogens (primary N) is 1. The van der Waals surface area contributed by atoms with Gasteiger partial charge in [-0.05, 0) is 26.3 Å². The molecule has 2 aliphatic rings. The Morgan fingerprint density at radius 3 is 2.44 bits per heavy atom. The highest BCUT2D eigenvalue weighted by molar-refractivity contribution is 8.13. The van der Waals surface area contributed by atoms with Crippen LogP contribution < -0.4 is 16.4 Å². The van der Waals surface area contributed by atoms with E-state index in [2.05, 4.69) is 39.4 Å². The third-order valence-electron chi connectivity index (χ3n) is 12.0. The highest BCUT2D eigenvalue weighted by Gasteiger charge is 2.50. The summed E-state index contributed by atoms with van der Waals surface area (Å²) in [4.78, 5) is 117. The number of anilines is 1. The number of aromatic amines is 1. The Labute approximate surface area is 448 Å². The molecule has 31 nitrogen and oxygen atoms in total. The Balaban J connectivity index is 0.826. The van der Waals surface area contributed by atoms with Crippen molar-refractivity contribution >= 4 is 91.8 Å². The lowest BCUT2D eigenvalue weighted by Crippen LogP contribution is -2.49. The number of ketones is 1. The average Bonchev–Trinajstić information content (AvgIpc) is 4.08. The Morgan fingerprint density at radius 1 is 0.987 bits per heavy atom. The summed E-state index contributed by atoms with van der Waals surface area (Å²) in [6, 6.07) is 7.25. The van der Waals surface area contributed by atoms with E-state index in [0.29, 0.717) is 10.9 Å². The fourth-order valence-electron chi connectivity index (χ4n) is 7.90. The molecule has 0 saturated carbocycles. The summed E-state index contributed by atoms with van der Waals surface area (Å²) in [5.41, 5.74) is 5.30. The molecule has 0 spiro atoms. The zero-order valence-corrected chi connectivity index (χ0v) is 45.7. The van der Waals surface area contributed by atoms with Gasteiger partial charge in [0.1, 0.15) is 54.3 Å². The number of H-pyrrole nitrogens is 1. The third kappa shape index (κ3) is 17.4. The van der Waals surface area contributed by atoms with E-state index in [1.807, 2.05) is 12.1 Å². The number of para-hydroxylation sites is 1. The number of imidazole rings is 1. The number of carbonyl (C=O) groups is 5. The summed E-state index contributed by atoms with van der Waals surface area (Å²) in [5.74, 6) is -2.45. The zero-order chi connectivity index (χ0) is 57.3. The number of phosphoric ester groups is 3. The quantitative estimate of drug-likeness (QED) is 0.0164. The lowest BCUT2D eigenvalue weighted by atomic mass is 9.87. The van der Waals surface area contributed by atoms with Crippen molar-refractivity contribution in [2.75, 3.05) is 37.8 Å². The maximum atomic E-state index is 12.9. The summed E-state index contributed by atoms with van der Waals surface area (Å²) in [7, 11) is -16.5. The molecule has 6 rings (SSSR count). The molecule has 1 aromatic carbocycles. The highest BCUT2D eigenvalue weighted by atomic mass is 32.2. The molecule has 35 heteroatoms. The summed E-state index contributed by atoms with van der Waals surface area (Å²) in [6.45, 7) is 3.45. The maximum Gasteiger partial charge on any atom is 0.481 e. The van der Waals surface area contributed by atoms with Crippen molar-refractivity contribution in [1.29, 1.82) is 0 Å². The van der Waals surface area contributed by atoms with Gasteiger partial charge in [-0.2, -0.15) is 4.31 Å². The number of hydrogen-bond acceptors (Lipinski definition) is 24. The second-order valence-corrected chi connectivity index (χ2v) is 24.1. The van der Waals surface area contributed by atoms with Crippen molar-refractivity contribution in [3.05, 3.63) is 48.7 Å². The number of benzene rings is 1. The minimum absolute atomic E-state index is 0.00326. The Bertz CT molecular complexity index is 2930. The number of rotatable bonds is 28. The van der Waals surface area contributed by atoms with E-state index in [1.165, 1.54) is 13.8 Å². The molecular weight excluding hydrogens is 1120 g/mol. The smallest absolute Gasteiger partial charge is 0.456 e. The van der Waals surface area contributed by atoms with Crippen molar-refractivity contribution in [2.45, 2.75) is 121 Å². The minimum Gasteiger partial charge on any atom is -0.456 e. The molecule has 0 aliphatic carbocycles. The summed E-state index contributed by atoms with van der Waals surface area (Å²) >= 11 is 0.823. The Morgan fingerprint density at radius 2 is 1.71 bits per heavy atom. The fourth-order valence-corrected chi connectivity index (χ4v) is 11.4. The first-order valence-corrected chi connectivity index (χ1v) is 29.4. The van der Waals surface area contributed by atoms with Crippen LogP contribution in [-0.4, -0.2) is 175 Å². The Hall–Kier alpha value is -4.66. The van der Waals surface area contributed by atoms with Crippen LogP contribution in [0.4, 0.5) is 5.82 Å². The van der Waals surface area contributed by atoms with E-state index in [4.69, 9.17) is 33.7 Å². The fraction of sp³-hybridized carbons (Fsp3) is 0.581. The molecule has 432 valence electrons. The summed E-state index contributed by atoms with van der Waals surface area (Å²) < 4.78 is 79.8. The van der Waals surface area contributed by atoms with Crippen LogP contribution in [0.5, 0.6) is 0 Å². The first-order valence-electron chi connectivity index (χ1n) is 23.9. The van der Waals surface area contributed by atoms with E-state index in [9.17, 15) is 72.6 Å². The number of fused-ring (bicyclic) bond motifs is 2. The number of thioether (sulfide) groups is 1. The number of phosphoric acid groups is 3. The number of Topliss-reactive ketones (excluding diaryl/α,β-unsaturated/α-hetero) is 1. The van der Waals surface area contributed by atoms with Gasteiger partial charge < -0.3 is 75.2 Å². The molecule has 3 aromatic heterocycles. The van der Waals surface area contributed by atoms with Crippen LogP contribution >= 0.6 is 35.2 Å². The van der Waals surface area contributed by atoms with E-state index < -0.39 is 126 Å². The van der Waals surface area contributed by atoms with Gasteiger partial charge in [0.05, 0.1) is 43.7 Å². The number of ether oxygens (including phenoxy) is 4. The van der Waals surface area contributed by atoms with Crippen LogP contribution in [0.25, 0.3) is 22.1 Å². The predicted molar refractivity (Wildman–Crippen MR) is 269 cm³/mol. The van der Waals surface area contributed by atoms with Crippen LogP contribution in [0.3, 0.4) is 0 Å². The van der Waals surface area contributed by atoms with Gasteiger partial charge in [-0.3, -0.25) is 37.3 Å². The van der Waals surface area contributed by atoms with Gasteiger partial charge >= 0.3 is 29.4 Å². The number of nitrogen functional groups attached to an aromatic ring is 1. The lowest BCUT2D eigenvalue weighted by Gasteiger charge is -2.38. The maximum absolute atomic E-state index is 12.9. The standard InChI is InChI=1S/C43H61N8O23P3S/c1-22(69-42-28(53)16-29(23(2)70-42)72-41(59)26-17-47-27-8-6-5-7-25(26)27)9-10-24(52)15-32(55)78-14-13-45-31(54)11-12-46-39(58)36(57)43(3,4)19-68-77(65,66)74-76(63,64)67-18-30-35(73-75(60,61)62)34(56)40(71-30)51-21-50-33-37(44)48-20-49-38(33)51/h5-8,17,20-23,28-30,34-36,40,42,47,53,56-57H,9-16,18-19H2,1-4H3,(H,45,54)(H,46,58)(H,63,64)(H,65,66)(H2,44,48,49)(H2,60,61,62)/t22-,23+,28-,29-,30-,34-,35-,36+,40-,42-/m1/s1. The van der Waals surface area contributed by atoms with Crippen LogP contribution in [0.15, 0.2) is 43.1 Å². The molecule has 2 unspecified atom stereocenters.